The van der Waals surface area contributed by atoms with Gasteiger partial charge in [0.25, 0.3) is 0 Å². The van der Waals surface area contributed by atoms with Crippen LogP contribution in [0.2, 0.25) is 0 Å². The van der Waals surface area contributed by atoms with Crippen molar-refractivity contribution in [2.24, 2.45) is 0 Å². The molecule has 1 nitrogen and oxygen atoms in total. The predicted octanol–water partition coefficient (Wildman–Crippen LogP) is 5.80. The van der Waals surface area contributed by atoms with Crippen LogP contribution in [0.1, 0.15) is 21.5 Å². The van der Waals surface area contributed by atoms with Crippen molar-refractivity contribution in [3.05, 3.63) is 68.5 Å². The molecule has 1 heterocycles. The molecule has 2 aromatic rings. The SMILES string of the molecule is O=C1C(=Cc2cccc(C(F)(F)F)c2)Sc2c(Br)cccc21. The summed E-state index contributed by atoms with van der Waals surface area (Å²) >= 11 is 4.64. The smallest absolute Gasteiger partial charge is 0.288 e. The fourth-order valence-corrected chi connectivity index (χ4v) is 3.79. The number of carbonyl (C=O) groups excluding carboxylic acids is 1. The number of benzene rings is 2. The van der Waals surface area contributed by atoms with Crippen LogP contribution in [0, 0.1) is 0 Å². The molecule has 0 bridgehead atoms. The Balaban J connectivity index is 1.99. The minimum absolute atomic E-state index is 0.168. The summed E-state index contributed by atoms with van der Waals surface area (Å²) in [5, 5.41) is 0. The zero-order chi connectivity index (χ0) is 15.9. The van der Waals surface area contributed by atoms with Crippen molar-refractivity contribution in [1.29, 1.82) is 0 Å². The third kappa shape index (κ3) is 2.85. The topological polar surface area (TPSA) is 17.1 Å². The average Bonchev–Trinajstić information content (AvgIpc) is 2.77. The van der Waals surface area contributed by atoms with Crippen LogP contribution in [0.15, 0.2) is 56.7 Å². The van der Waals surface area contributed by atoms with Gasteiger partial charge in [0.05, 0.1) is 10.5 Å². The van der Waals surface area contributed by atoms with Crippen molar-refractivity contribution < 1.29 is 18.0 Å². The number of ketones is 1. The molecule has 2 aromatic carbocycles. The number of carbonyl (C=O) groups is 1. The summed E-state index contributed by atoms with van der Waals surface area (Å²) in [5.74, 6) is -0.168. The molecule has 22 heavy (non-hydrogen) atoms. The van der Waals surface area contributed by atoms with Crippen molar-refractivity contribution in [2.45, 2.75) is 11.1 Å². The molecule has 0 radical (unpaired) electrons. The first-order valence-corrected chi connectivity index (χ1v) is 7.87. The van der Waals surface area contributed by atoms with Gasteiger partial charge in [0.2, 0.25) is 5.78 Å². The Morgan fingerprint density at radius 3 is 2.50 bits per heavy atom. The molecule has 0 amide bonds. The number of halogens is 4. The second kappa shape index (κ2) is 5.59. The second-order valence-corrected chi connectivity index (χ2v) is 6.59. The van der Waals surface area contributed by atoms with Crippen LogP contribution in [-0.4, -0.2) is 5.78 Å². The van der Waals surface area contributed by atoms with Crippen molar-refractivity contribution in [2.75, 3.05) is 0 Å². The Hall–Kier alpha value is -1.53. The van der Waals surface area contributed by atoms with Gasteiger partial charge in [-0.15, -0.1) is 0 Å². The van der Waals surface area contributed by atoms with E-state index in [4.69, 9.17) is 0 Å². The van der Waals surface area contributed by atoms with E-state index in [1.807, 2.05) is 6.07 Å². The van der Waals surface area contributed by atoms with E-state index in [0.29, 0.717) is 16.0 Å². The summed E-state index contributed by atoms with van der Waals surface area (Å²) in [4.78, 5) is 13.5. The number of hydrogen-bond donors (Lipinski definition) is 0. The maximum Gasteiger partial charge on any atom is 0.416 e. The minimum atomic E-state index is -4.40. The van der Waals surface area contributed by atoms with Gasteiger partial charge in [0.15, 0.2) is 0 Å². The van der Waals surface area contributed by atoms with Crippen LogP contribution in [-0.2, 0) is 6.18 Å². The number of hydrogen-bond acceptors (Lipinski definition) is 2. The van der Waals surface area contributed by atoms with Crippen molar-refractivity contribution in [3.63, 3.8) is 0 Å². The van der Waals surface area contributed by atoms with Gasteiger partial charge in [-0.25, -0.2) is 0 Å². The first-order valence-electron chi connectivity index (χ1n) is 6.26. The molecule has 0 saturated carbocycles. The molecule has 0 N–H and O–H groups in total. The van der Waals surface area contributed by atoms with Gasteiger partial charge < -0.3 is 0 Å². The van der Waals surface area contributed by atoms with Gasteiger partial charge in [-0.1, -0.05) is 30.0 Å². The van der Waals surface area contributed by atoms with E-state index in [9.17, 15) is 18.0 Å². The lowest BCUT2D eigenvalue weighted by Gasteiger charge is -2.07. The zero-order valence-corrected chi connectivity index (χ0v) is 13.3. The number of thioether (sulfide) groups is 1. The van der Waals surface area contributed by atoms with E-state index >= 15 is 0 Å². The number of allylic oxidation sites excluding steroid dienone is 1. The molecule has 0 unspecified atom stereocenters. The Morgan fingerprint density at radius 2 is 1.82 bits per heavy atom. The van der Waals surface area contributed by atoms with Crippen LogP contribution in [0.5, 0.6) is 0 Å². The first kappa shape index (κ1) is 15.4. The summed E-state index contributed by atoms with van der Waals surface area (Å²) in [7, 11) is 0. The number of Topliss-reactive ketones (excluding diaryl/α,β-unsaturated/α-hetero) is 1. The van der Waals surface area contributed by atoms with Gasteiger partial charge >= 0.3 is 6.18 Å². The predicted molar refractivity (Wildman–Crippen MR) is 83.8 cm³/mol. The van der Waals surface area contributed by atoms with E-state index in [1.54, 1.807) is 18.2 Å². The Morgan fingerprint density at radius 1 is 1.09 bits per heavy atom. The molecule has 0 atom stereocenters. The minimum Gasteiger partial charge on any atom is -0.288 e. The molecule has 1 aliphatic rings. The number of rotatable bonds is 1. The average molecular weight is 385 g/mol. The van der Waals surface area contributed by atoms with Crippen molar-refractivity contribution >= 4 is 39.6 Å². The number of fused-ring (bicyclic) bond motifs is 1. The quantitative estimate of drug-likeness (QED) is 0.578. The molecule has 6 heteroatoms. The standard InChI is InChI=1S/C16H8BrF3OS/c17-12-6-2-5-11-14(21)13(22-15(11)12)8-9-3-1-4-10(7-9)16(18,19)20/h1-8H. The van der Waals surface area contributed by atoms with Gasteiger partial charge in [0, 0.05) is 14.9 Å². The molecule has 0 fully saturated rings. The van der Waals surface area contributed by atoms with E-state index in [2.05, 4.69) is 15.9 Å². The summed E-state index contributed by atoms with van der Waals surface area (Å²) in [6.07, 6.45) is -2.90. The van der Waals surface area contributed by atoms with E-state index in [-0.39, 0.29) is 5.78 Å². The highest BCUT2D eigenvalue weighted by molar-refractivity contribution is 9.10. The highest BCUT2D eigenvalue weighted by atomic mass is 79.9. The lowest BCUT2D eigenvalue weighted by atomic mass is 10.1. The van der Waals surface area contributed by atoms with E-state index < -0.39 is 11.7 Å². The molecule has 0 aromatic heterocycles. The lowest BCUT2D eigenvalue weighted by Crippen LogP contribution is -2.04. The van der Waals surface area contributed by atoms with Crippen LogP contribution in [0.3, 0.4) is 0 Å². The molecular formula is C16H8BrF3OS. The Bertz CT molecular complexity index is 796. The summed E-state index contributed by atoms with van der Waals surface area (Å²) < 4.78 is 39.0. The normalized spacial score (nSPS) is 16.2. The van der Waals surface area contributed by atoms with Crippen LogP contribution < -0.4 is 0 Å². The van der Waals surface area contributed by atoms with Gasteiger partial charge in [-0.2, -0.15) is 13.2 Å². The molecule has 0 spiro atoms. The lowest BCUT2D eigenvalue weighted by molar-refractivity contribution is -0.137. The van der Waals surface area contributed by atoms with Crippen LogP contribution in [0.4, 0.5) is 13.2 Å². The molecular weight excluding hydrogens is 377 g/mol. The third-order valence-corrected chi connectivity index (χ3v) is 5.25. The fraction of sp³-hybridized carbons (Fsp3) is 0.0625. The largest absolute Gasteiger partial charge is 0.416 e. The van der Waals surface area contributed by atoms with Gasteiger partial charge in [-0.05, 0) is 51.8 Å². The second-order valence-electron chi connectivity index (χ2n) is 4.68. The Labute approximate surface area is 137 Å². The van der Waals surface area contributed by atoms with Crippen molar-refractivity contribution in [1.82, 2.24) is 0 Å². The summed E-state index contributed by atoms with van der Waals surface area (Å²) in [5.41, 5.74) is 0.197. The van der Waals surface area contributed by atoms with Gasteiger partial charge in [0.1, 0.15) is 0 Å². The van der Waals surface area contributed by atoms with Gasteiger partial charge in [-0.3, -0.25) is 4.79 Å². The number of alkyl halides is 3. The van der Waals surface area contributed by atoms with Crippen molar-refractivity contribution in [3.8, 4) is 0 Å². The molecule has 0 aliphatic carbocycles. The van der Waals surface area contributed by atoms with Crippen LogP contribution in [0.25, 0.3) is 6.08 Å². The molecule has 3 rings (SSSR count). The van der Waals surface area contributed by atoms with E-state index in [1.165, 1.54) is 23.9 Å². The highest BCUT2D eigenvalue weighted by Crippen LogP contribution is 2.44. The Kier molecular flexibility index (Phi) is 3.91. The fourth-order valence-electron chi connectivity index (χ4n) is 2.13. The maximum atomic E-state index is 12.7. The van der Waals surface area contributed by atoms with E-state index in [0.717, 1.165) is 21.5 Å². The third-order valence-electron chi connectivity index (χ3n) is 3.16. The molecule has 1 aliphatic heterocycles. The highest BCUT2D eigenvalue weighted by Gasteiger charge is 2.31. The molecule has 112 valence electrons. The summed E-state index contributed by atoms with van der Waals surface area (Å²) in [6.45, 7) is 0. The molecule has 0 saturated heterocycles. The summed E-state index contributed by atoms with van der Waals surface area (Å²) in [6, 6.07) is 10.2. The zero-order valence-electron chi connectivity index (χ0n) is 10.9. The maximum absolute atomic E-state index is 12.7. The first-order chi connectivity index (χ1) is 10.4. The monoisotopic (exact) mass is 384 g/mol. The van der Waals surface area contributed by atoms with Crippen LogP contribution >= 0.6 is 27.7 Å².